The van der Waals surface area contributed by atoms with E-state index in [0.29, 0.717) is 27.8 Å². The van der Waals surface area contributed by atoms with Crippen molar-refractivity contribution < 1.29 is 18.7 Å². The van der Waals surface area contributed by atoms with Crippen LogP contribution in [0.3, 0.4) is 0 Å². The van der Waals surface area contributed by atoms with Crippen LogP contribution in [0.15, 0.2) is 47.4 Å². The first-order chi connectivity index (χ1) is 12.5. The molecule has 2 aromatic carbocycles. The van der Waals surface area contributed by atoms with Gasteiger partial charge < -0.3 is 4.74 Å². The zero-order valence-corrected chi connectivity index (χ0v) is 15.4. The molecule has 0 aromatic heterocycles. The topological polar surface area (TPSA) is 46.6 Å². The van der Waals surface area contributed by atoms with Crippen molar-refractivity contribution in [3.8, 4) is 5.75 Å². The normalized spacial score (nSPS) is 15.8. The molecule has 2 amide bonds. The number of imide groups is 1. The molecular weight excluding hydrogens is 377 g/mol. The fourth-order valence-electron chi connectivity index (χ4n) is 2.41. The summed E-state index contributed by atoms with van der Waals surface area (Å²) in [4.78, 5) is 25.4. The van der Waals surface area contributed by atoms with Crippen molar-refractivity contribution in [1.82, 2.24) is 4.90 Å². The zero-order chi connectivity index (χ0) is 18.7. The number of benzene rings is 2. The third-order valence-corrected chi connectivity index (χ3v) is 5.07. The van der Waals surface area contributed by atoms with Gasteiger partial charge in [0, 0.05) is 12.1 Å². The van der Waals surface area contributed by atoms with Gasteiger partial charge in [-0.1, -0.05) is 29.8 Å². The minimum Gasteiger partial charge on any atom is -0.489 e. The van der Waals surface area contributed by atoms with Crippen molar-refractivity contribution in [3.05, 3.63) is 69.3 Å². The third-order valence-electron chi connectivity index (χ3n) is 3.81. The van der Waals surface area contributed by atoms with Gasteiger partial charge >= 0.3 is 0 Å². The van der Waals surface area contributed by atoms with Crippen molar-refractivity contribution in [3.63, 3.8) is 0 Å². The predicted molar refractivity (Wildman–Crippen MR) is 101 cm³/mol. The molecule has 26 heavy (non-hydrogen) atoms. The van der Waals surface area contributed by atoms with Gasteiger partial charge in [-0.25, -0.2) is 4.39 Å². The predicted octanol–water partition coefficient (Wildman–Crippen LogP) is 5.11. The maximum atomic E-state index is 13.7. The van der Waals surface area contributed by atoms with Gasteiger partial charge in [-0.05, 0) is 54.6 Å². The molecule has 4 nitrogen and oxygen atoms in total. The molecule has 0 bridgehead atoms. The third kappa shape index (κ3) is 3.92. The van der Waals surface area contributed by atoms with Crippen LogP contribution in [0.2, 0.25) is 5.02 Å². The van der Waals surface area contributed by atoms with Gasteiger partial charge in [0.05, 0.1) is 9.93 Å². The number of likely N-dealkylation sites (N-methyl/N-ethyl adjacent to an activating group) is 1. The number of rotatable bonds is 5. The van der Waals surface area contributed by atoms with E-state index >= 15 is 0 Å². The second-order valence-electron chi connectivity index (χ2n) is 5.48. The smallest absolute Gasteiger partial charge is 0.293 e. The average molecular weight is 392 g/mol. The molecule has 3 rings (SSSR count). The van der Waals surface area contributed by atoms with Crippen LogP contribution in [0.1, 0.15) is 18.1 Å². The van der Waals surface area contributed by atoms with E-state index in [1.165, 1.54) is 17.0 Å². The lowest BCUT2D eigenvalue weighted by atomic mass is 10.2. The standard InChI is InChI=1S/C19H15ClFNO3S/c1-2-22-18(23)17(26-19(22)24)10-12-6-8-13(9-7-12)25-11-14-15(20)4-3-5-16(14)21/h3-10H,2,11H2,1H3/b17-10-. The summed E-state index contributed by atoms with van der Waals surface area (Å²) < 4.78 is 19.3. The number of thioether (sulfide) groups is 1. The van der Waals surface area contributed by atoms with Crippen LogP contribution in [-0.4, -0.2) is 22.6 Å². The first kappa shape index (κ1) is 18.5. The minimum absolute atomic E-state index is 0.0141. The summed E-state index contributed by atoms with van der Waals surface area (Å²) >= 11 is 6.90. The summed E-state index contributed by atoms with van der Waals surface area (Å²) in [5.74, 6) is -0.152. The monoisotopic (exact) mass is 391 g/mol. The summed E-state index contributed by atoms with van der Waals surface area (Å²) in [6, 6.07) is 11.4. The van der Waals surface area contributed by atoms with Crippen LogP contribution < -0.4 is 4.74 Å². The minimum atomic E-state index is -0.416. The summed E-state index contributed by atoms with van der Waals surface area (Å²) in [6.07, 6.45) is 1.66. The molecule has 0 saturated carbocycles. The SMILES string of the molecule is CCN1C(=O)S/C(=C\c2ccc(OCc3c(F)cccc3Cl)cc2)C1=O. The number of halogens is 2. The first-order valence-electron chi connectivity index (χ1n) is 7.90. The summed E-state index contributed by atoms with van der Waals surface area (Å²) in [6.45, 7) is 2.13. The molecular formula is C19H15ClFNO3S. The van der Waals surface area contributed by atoms with E-state index in [0.717, 1.165) is 17.3 Å². The number of amides is 2. The molecule has 2 aromatic rings. The highest BCUT2D eigenvalue weighted by atomic mass is 35.5. The van der Waals surface area contributed by atoms with Gasteiger partial charge in [0.15, 0.2) is 0 Å². The molecule has 0 aliphatic carbocycles. The van der Waals surface area contributed by atoms with E-state index in [1.807, 2.05) is 0 Å². The molecule has 7 heteroatoms. The highest BCUT2D eigenvalue weighted by molar-refractivity contribution is 8.18. The van der Waals surface area contributed by atoms with E-state index in [2.05, 4.69) is 0 Å². The van der Waals surface area contributed by atoms with E-state index in [1.54, 1.807) is 43.3 Å². The highest BCUT2D eigenvalue weighted by Gasteiger charge is 2.33. The molecule has 1 saturated heterocycles. The molecule has 1 aliphatic rings. The summed E-state index contributed by atoms with van der Waals surface area (Å²) in [5, 5.41) is 0.0544. The van der Waals surface area contributed by atoms with Gasteiger partial charge in [0.1, 0.15) is 18.2 Å². The maximum Gasteiger partial charge on any atom is 0.293 e. The number of carbonyl (C=O) groups is 2. The second kappa shape index (κ2) is 7.93. The molecule has 0 radical (unpaired) electrons. The van der Waals surface area contributed by atoms with Crippen LogP contribution in [-0.2, 0) is 11.4 Å². The molecule has 0 atom stereocenters. The zero-order valence-electron chi connectivity index (χ0n) is 13.9. The fourth-order valence-corrected chi connectivity index (χ4v) is 3.53. The Morgan fingerprint density at radius 3 is 2.54 bits per heavy atom. The van der Waals surface area contributed by atoms with E-state index in [-0.39, 0.29) is 17.8 Å². The number of hydrogen-bond acceptors (Lipinski definition) is 4. The molecule has 0 unspecified atom stereocenters. The van der Waals surface area contributed by atoms with Crippen molar-refractivity contribution >= 4 is 40.6 Å². The van der Waals surface area contributed by atoms with Crippen molar-refractivity contribution in [2.45, 2.75) is 13.5 Å². The lowest BCUT2D eigenvalue weighted by molar-refractivity contribution is -0.122. The van der Waals surface area contributed by atoms with Crippen LogP contribution in [0, 0.1) is 5.82 Å². The Hall–Kier alpha value is -2.31. The number of nitrogens with zero attached hydrogens (tertiary/aromatic N) is 1. The van der Waals surface area contributed by atoms with Crippen LogP contribution in [0.25, 0.3) is 6.08 Å². The number of carbonyl (C=O) groups excluding carboxylic acids is 2. The fraction of sp³-hybridized carbons (Fsp3) is 0.158. The van der Waals surface area contributed by atoms with Crippen LogP contribution in [0.4, 0.5) is 9.18 Å². The van der Waals surface area contributed by atoms with Crippen LogP contribution in [0.5, 0.6) is 5.75 Å². The second-order valence-corrected chi connectivity index (χ2v) is 6.88. The molecule has 1 heterocycles. The molecule has 1 aliphatic heterocycles. The first-order valence-corrected chi connectivity index (χ1v) is 9.10. The molecule has 134 valence electrons. The Morgan fingerprint density at radius 2 is 1.92 bits per heavy atom. The lowest BCUT2D eigenvalue weighted by Crippen LogP contribution is -2.27. The molecule has 1 fully saturated rings. The van der Waals surface area contributed by atoms with Gasteiger partial charge in [-0.15, -0.1) is 0 Å². The lowest BCUT2D eigenvalue weighted by Gasteiger charge is -2.09. The quantitative estimate of drug-likeness (QED) is 0.664. The maximum absolute atomic E-state index is 13.7. The number of hydrogen-bond donors (Lipinski definition) is 0. The summed E-state index contributed by atoms with van der Waals surface area (Å²) in [5.41, 5.74) is 1.06. The summed E-state index contributed by atoms with van der Waals surface area (Å²) in [7, 11) is 0. The van der Waals surface area contributed by atoms with Gasteiger partial charge in [0.25, 0.3) is 11.1 Å². The largest absolute Gasteiger partial charge is 0.489 e. The molecule has 0 N–H and O–H groups in total. The number of ether oxygens (including phenoxy) is 1. The van der Waals surface area contributed by atoms with Gasteiger partial charge in [-0.2, -0.15) is 0 Å². The van der Waals surface area contributed by atoms with Crippen molar-refractivity contribution in [2.24, 2.45) is 0 Å². The van der Waals surface area contributed by atoms with Gasteiger partial charge in [-0.3, -0.25) is 14.5 Å². The Bertz CT molecular complexity index is 863. The Kier molecular flexibility index (Phi) is 5.64. The van der Waals surface area contributed by atoms with Gasteiger partial charge in [0.2, 0.25) is 0 Å². The van der Waals surface area contributed by atoms with E-state index in [9.17, 15) is 14.0 Å². The van der Waals surface area contributed by atoms with E-state index < -0.39 is 5.82 Å². The Balaban J connectivity index is 1.69. The van der Waals surface area contributed by atoms with Crippen LogP contribution >= 0.6 is 23.4 Å². The molecule has 0 spiro atoms. The Labute approximate surface area is 159 Å². The average Bonchev–Trinajstić information content (AvgIpc) is 2.89. The van der Waals surface area contributed by atoms with Crippen molar-refractivity contribution in [1.29, 1.82) is 0 Å². The highest BCUT2D eigenvalue weighted by Crippen LogP contribution is 2.32. The van der Waals surface area contributed by atoms with E-state index in [4.69, 9.17) is 16.3 Å². The van der Waals surface area contributed by atoms with Crippen molar-refractivity contribution in [2.75, 3.05) is 6.54 Å². The Morgan fingerprint density at radius 1 is 1.19 bits per heavy atom.